The molecule has 0 aliphatic carbocycles. The number of benzene rings is 1. The van der Waals surface area contributed by atoms with Crippen LogP contribution in [0.5, 0.6) is 0 Å². The van der Waals surface area contributed by atoms with Crippen LogP contribution in [0.15, 0.2) is 54.9 Å². The summed E-state index contributed by atoms with van der Waals surface area (Å²) in [6.07, 6.45) is 3.60. The van der Waals surface area contributed by atoms with Crippen molar-refractivity contribution in [1.29, 1.82) is 0 Å². The van der Waals surface area contributed by atoms with Crippen molar-refractivity contribution in [3.63, 3.8) is 0 Å². The number of amides is 1. The summed E-state index contributed by atoms with van der Waals surface area (Å²) in [7, 11) is 0. The molecule has 0 unspecified atom stereocenters. The Balaban J connectivity index is 1.87. The molecule has 0 atom stereocenters. The number of carbonyl (C=O) groups is 2. The van der Waals surface area contributed by atoms with Crippen LogP contribution >= 0.6 is 0 Å². The molecule has 2 aromatic heterocycles. The first-order valence-corrected chi connectivity index (χ1v) is 9.34. The SMILES string of the molecule is CCOC(=O)c1cc(-c2ccc(F)cc2)n(CC(=O)NCc2ccc[nH+]c2)c1C. The summed E-state index contributed by atoms with van der Waals surface area (Å²) >= 11 is 0. The van der Waals surface area contributed by atoms with Crippen molar-refractivity contribution < 1.29 is 23.7 Å². The smallest absolute Gasteiger partial charge is 0.339 e. The quantitative estimate of drug-likeness (QED) is 0.624. The highest BCUT2D eigenvalue weighted by atomic mass is 19.1. The first-order valence-electron chi connectivity index (χ1n) is 9.34. The molecule has 29 heavy (non-hydrogen) atoms. The minimum Gasteiger partial charge on any atom is -0.462 e. The summed E-state index contributed by atoms with van der Waals surface area (Å²) in [4.78, 5) is 27.8. The predicted octanol–water partition coefficient (Wildman–Crippen LogP) is 2.91. The molecule has 150 valence electrons. The highest BCUT2D eigenvalue weighted by molar-refractivity contribution is 5.93. The van der Waals surface area contributed by atoms with Gasteiger partial charge in [0.25, 0.3) is 0 Å². The summed E-state index contributed by atoms with van der Waals surface area (Å²) < 4.78 is 20.2. The second-order valence-corrected chi connectivity index (χ2v) is 6.53. The number of hydrogen-bond acceptors (Lipinski definition) is 3. The Morgan fingerprint density at radius 1 is 1.21 bits per heavy atom. The molecule has 2 N–H and O–H groups in total. The lowest BCUT2D eigenvalue weighted by molar-refractivity contribution is -0.378. The number of aromatic amines is 1. The molecule has 0 bridgehead atoms. The third-order valence-corrected chi connectivity index (χ3v) is 4.56. The molecule has 0 fully saturated rings. The van der Waals surface area contributed by atoms with Crippen molar-refractivity contribution in [3.8, 4) is 11.3 Å². The fourth-order valence-corrected chi connectivity index (χ4v) is 3.06. The van der Waals surface area contributed by atoms with Gasteiger partial charge in [0, 0.05) is 29.6 Å². The van der Waals surface area contributed by atoms with E-state index < -0.39 is 5.97 Å². The van der Waals surface area contributed by atoms with E-state index in [-0.39, 0.29) is 24.9 Å². The summed E-state index contributed by atoms with van der Waals surface area (Å²) in [6, 6.07) is 11.4. The number of pyridine rings is 1. The molecular formula is C22H23FN3O3+. The van der Waals surface area contributed by atoms with E-state index in [0.29, 0.717) is 29.1 Å². The highest BCUT2D eigenvalue weighted by Crippen LogP contribution is 2.27. The van der Waals surface area contributed by atoms with Crippen molar-refractivity contribution in [2.45, 2.75) is 26.9 Å². The largest absolute Gasteiger partial charge is 0.462 e. The van der Waals surface area contributed by atoms with Gasteiger partial charge >= 0.3 is 5.97 Å². The normalized spacial score (nSPS) is 10.6. The molecule has 0 aliphatic heterocycles. The molecule has 2 heterocycles. The molecule has 3 aromatic rings. The number of ether oxygens (including phenoxy) is 1. The van der Waals surface area contributed by atoms with Gasteiger partial charge in [0.15, 0.2) is 12.4 Å². The van der Waals surface area contributed by atoms with Crippen LogP contribution in [0.1, 0.15) is 28.5 Å². The zero-order valence-corrected chi connectivity index (χ0v) is 16.4. The third-order valence-electron chi connectivity index (χ3n) is 4.56. The van der Waals surface area contributed by atoms with Crippen LogP contribution in [-0.4, -0.2) is 23.1 Å². The molecule has 0 spiro atoms. The van der Waals surface area contributed by atoms with Gasteiger partial charge in [0.1, 0.15) is 12.4 Å². The standard InChI is InChI=1S/C22H22FN3O3/c1-3-29-22(28)19-11-20(17-6-8-18(23)9-7-17)26(15(19)2)14-21(27)25-13-16-5-4-10-24-12-16/h4-12H,3,13-14H2,1-2H3,(H,25,27)/p+1. The predicted molar refractivity (Wildman–Crippen MR) is 105 cm³/mol. The van der Waals surface area contributed by atoms with E-state index in [9.17, 15) is 14.0 Å². The van der Waals surface area contributed by atoms with E-state index in [2.05, 4.69) is 10.3 Å². The van der Waals surface area contributed by atoms with Crippen molar-refractivity contribution in [1.82, 2.24) is 9.88 Å². The van der Waals surface area contributed by atoms with Gasteiger partial charge in [-0.2, -0.15) is 0 Å². The van der Waals surface area contributed by atoms with Gasteiger partial charge < -0.3 is 14.6 Å². The van der Waals surface area contributed by atoms with Gasteiger partial charge in [-0.1, -0.05) is 0 Å². The average molecular weight is 396 g/mol. The Morgan fingerprint density at radius 2 is 1.97 bits per heavy atom. The van der Waals surface area contributed by atoms with Gasteiger partial charge in [-0.05, 0) is 55.8 Å². The molecule has 1 amide bonds. The maximum absolute atomic E-state index is 13.3. The molecule has 0 radical (unpaired) electrons. The van der Waals surface area contributed by atoms with Gasteiger partial charge in [-0.25, -0.2) is 14.2 Å². The van der Waals surface area contributed by atoms with E-state index in [1.54, 1.807) is 42.8 Å². The fourth-order valence-electron chi connectivity index (χ4n) is 3.06. The summed E-state index contributed by atoms with van der Waals surface area (Å²) in [6.45, 7) is 4.16. The second-order valence-electron chi connectivity index (χ2n) is 6.53. The van der Waals surface area contributed by atoms with Gasteiger partial charge in [-0.15, -0.1) is 0 Å². The van der Waals surface area contributed by atoms with Crippen LogP contribution in [0.25, 0.3) is 11.3 Å². The molecule has 3 rings (SSSR count). The Labute approximate surface area is 168 Å². The molecule has 6 nitrogen and oxygen atoms in total. The molecule has 0 aliphatic rings. The minimum absolute atomic E-state index is 0.0223. The van der Waals surface area contributed by atoms with Gasteiger partial charge in [0.05, 0.1) is 12.2 Å². The van der Waals surface area contributed by atoms with Crippen LogP contribution in [0, 0.1) is 12.7 Å². The van der Waals surface area contributed by atoms with Crippen molar-refractivity contribution in [2.24, 2.45) is 0 Å². The van der Waals surface area contributed by atoms with Crippen LogP contribution in [0.3, 0.4) is 0 Å². The fraction of sp³-hybridized carbons (Fsp3) is 0.227. The topological polar surface area (TPSA) is 74.5 Å². The molecular weight excluding hydrogens is 373 g/mol. The highest BCUT2D eigenvalue weighted by Gasteiger charge is 2.21. The van der Waals surface area contributed by atoms with Crippen LogP contribution < -0.4 is 10.3 Å². The Morgan fingerprint density at radius 3 is 2.62 bits per heavy atom. The second kappa shape index (κ2) is 9.14. The summed E-state index contributed by atoms with van der Waals surface area (Å²) in [5.41, 5.74) is 3.29. The van der Waals surface area contributed by atoms with Crippen LogP contribution in [0.2, 0.25) is 0 Å². The zero-order valence-electron chi connectivity index (χ0n) is 16.4. The number of halogens is 1. The monoisotopic (exact) mass is 396 g/mol. The number of carbonyl (C=O) groups excluding carboxylic acids is 2. The maximum atomic E-state index is 13.3. The summed E-state index contributed by atoms with van der Waals surface area (Å²) in [5.74, 6) is -1.01. The van der Waals surface area contributed by atoms with E-state index in [0.717, 1.165) is 5.56 Å². The van der Waals surface area contributed by atoms with Gasteiger partial charge in [0.2, 0.25) is 5.91 Å². The Hall–Kier alpha value is -3.48. The summed E-state index contributed by atoms with van der Waals surface area (Å²) in [5, 5.41) is 2.87. The first-order chi connectivity index (χ1) is 14.0. The first kappa shape index (κ1) is 20.3. The molecule has 0 saturated heterocycles. The van der Waals surface area contributed by atoms with Crippen LogP contribution in [0.4, 0.5) is 4.39 Å². The number of nitrogens with one attached hydrogen (secondary N) is 2. The average Bonchev–Trinajstić information content (AvgIpc) is 3.04. The number of H-pyrrole nitrogens is 1. The number of nitrogens with zero attached hydrogens (tertiary/aromatic N) is 1. The lowest BCUT2D eigenvalue weighted by atomic mass is 10.1. The van der Waals surface area contributed by atoms with Crippen LogP contribution in [-0.2, 0) is 22.6 Å². The minimum atomic E-state index is -0.452. The number of esters is 1. The Bertz CT molecular complexity index is 998. The van der Waals surface area contributed by atoms with E-state index in [1.165, 1.54) is 12.1 Å². The van der Waals surface area contributed by atoms with E-state index in [4.69, 9.17) is 4.74 Å². The van der Waals surface area contributed by atoms with Crippen molar-refractivity contribution in [3.05, 3.63) is 77.5 Å². The maximum Gasteiger partial charge on any atom is 0.339 e. The van der Waals surface area contributed by atoms with Crippen molar-refractivity contribution in [2.75, 3.05) is 6.61 Å². The van der Waals surface area contributed by atoms with Crippen molar-refractivity contribution >= 4 is 11.9 Å². The molecule has 1 aromatic carbocycles. The Kier molecular flexibility index (Phi) is 6.39. The lowest BCUT2D eigenvalue weighted by Crippen LogP contribution is -2.28. The lowest BCUT2D eigenvalue weighted by Gasteiger charge is -2.12. The number of hydrogen-bond donors (Lipinski definition) is 1. The van der Waals surface area contributed by atoms with Gasteiger partial charge in [-0.3, -0.25) is 4.79 Å². The number of rotatable bonds is 7. The number of aromatic nitrogens is 2. The molecule has 7 heteroatoms. The van der Waals surface area contributed by atoms with E-state index >= 15 is 0 Å². The third kappa shape index (κ3) is 4.87. The van der Waals surface area contributed by atoms with E-state index in [1.807, 2.05) is 18.3 Å². The zero-order chi connectivity index (χ0) is 20.8. The molecule has 0 saturated carbocycles.